The zero-order valence-corrected chi connectivity index (χ0v) is 26.6. The van der Waals surface area contributed by atoms with Crippen molar-refractivity contribution in [3.63, 3.8) is 0 Å². The van der Waals surface area contributed by atoms with E-state index in [1.165, 1.54) is 10.6 Å². The predicted molar refractivity (Wildman–Crippen MR) is 171 cm³/mol. The maximum absolute atomic E-state index is 14.0. The number of aryl methyl sites for hydroxylation is 2. The van der Waals surface area contributed by atoms with Crippen molar-refractivity contribution in [2.45, 2.75) is 78.4 Å². The van der Waals surface area contributed by atoms with E-state index in [2.05, 4.69) is 5.32 Å². The van der Waals surface area contributed by atoms with Crippen LogP contribution in [0.4, 0.5) is 5.69 Å². The second-order valence-corrected chi connectivity index (χ2v) is 13.8. The first-order chi connectivity index (χ1) is 19.8. The molecule has 3 aromatic carbocycles. The quantitative estimate of drug-likeness (QED) is 0.278. The maximum atomic E-state index is 14.0. The first-order valence-corrected chi connectivity index (χ1v) is 16.4. The molecule has 7 nitrogen and oxygen atoms in total. The molecule has 8 heteroatoms. The minimum atomic E-state index is -3.56. The third-order valence-electron chi connectivity index (χ3n) is 7.16. The number of nitrogens with one attached hydrogen (secondary N) is 1. The highest BCUT2D eigenvalue weighted by atomic mass is 32.2. The van der Waals surface area contributed by atoms with Crippen LogP contribution in [0.25, 0.3) is 0 Å². The van der Waals surface area contributed by atoms with Gasteiger partial charge in [-0.25, -0.2) is 8.42 Å². The van der Waals surface area contributed by atoms with Gasteiger partial charge in [0, 0.05) is 31.5 Å². The molecule has 0 bridgehead atoms. The largest absolute Gasteiger partial charge is 0.350 e. The van der Waals surface area contributed by atoms with Crippen LogP contribution in [0.5, 0.6) is 0 Å². The van der Waals surface area contributed by atoms with Crippen LogP contribution >= 0.6 is 0 Å². The van der Waals surface area contributed by atoms with Gasteiger partial charge in [-0.15, -0.1) is 0 Å². The molecule has 0 aliphatic heterocycles. The standard InChI is InChI=1S/C34H45N3O4S/c1-7-27-19-21-30(22-20-27)37(42(6,40)41)23-13-18-32(38)36(25-29-17-12-11-14-26(29)2)31(33(39)35-34(3,4)5)24-28-15-9-8-10-16-28/h8-12,14-17,19-22,31H,7,13,18,23-25H2,1-6H3,(H,35,39)/t31-/m0/s1. The molecule has 0 spiro atoms. The van der Waals surface area contributed by atoms with Gasteiger partial charge in [0.2, 0.25) is 21.8 Å². The predicted octanol–water partition coefficient (Wildman–Crippen LogP) is 5.66. The van der Waals surface area contributed by atoms with Crippen molar-refractivity contribution in [2.75, 3.05) is 17.1 Å². The van der Waals surface area contributed by atoms with Gasteiger partial charge in [0.05, 0.1) is 11.9 Å². The van der Waals surface area contributed by atoms with Crippen molar-refractivity contribution in [1.82, 2.24) is 10.2 Å². The van der Waals surface area contributed by atoms with Gasteiger partial charge in [-0.3, -0.25) is 13.9 Å². The molecular weight excluding hydrogens is 546 g/mol. The Kier molecular flexibility index (Phi) is 11.3. The molecule has 0 unspecified atom stereocenters. The summed E-state index contributed by atoms with van der Waals surface area (Å²) in [6.07, 6.45) is 2.81. The molecular formula is C34H45N3O4S. The summed E-state index contributed by atoms with van der Waals surface area (Å²) < 4.78 is 26.7. The van der Waals surface area contributed by atoms with E-state index >= 15 is 0 Å². The molecule has 0 heterocycles. The van der Waals surface area contributed by atoms with E-state index in [-0.39, 0.29) is 31.3 Å². The smallest absolute Gasteiger partial charge is 0.243 e. The van der Waals surface area contributed by atoms with Crippen molar-refractivity contribution >= 4 is 27.5 Å². The Morgan fingerprint density at radius 1 is 0.881 bits per heavy atom. The average molecular weight is 592 g/mol. The highest BCUT2D eigenvalue weighted by molar-refractivity contribution is 7.92. The van der Waals surface area contributed by atoms with Crippen LogP contribution in [0.3, 0.4) is 0 Å². The molecule has 1 N–H and O–H groups in total. The van der Waals surface area contributed by atoms with E-state index < -0.39 is 21.6 Å². The van der Waals surface area contributed by atoms with Crippen LogP contribution in [0, 0.1) is 6.92 Å². The average Bonchev–Trinajstić information content (AvgIpc) is 2.93. The number of sulfonamides is 1. The summed E-state index contributed by atoms with van der Waals surface area (Å²) >= 11 is 0. The Hall–Kier alpha value is -3.65. The number of anilines is 1. The van der Waals surface area contributed by atoms with Crippen molar-refractivity contribution in [1.29, 1.82) is 0 Å². The van der Waals surface area contributed by atoms with E-state index in [1.54, 1.807) is 17.0 Å². The summed E-state index contributed by atoms with van der Waals surface area (Å²) in [7, 11) is -3.56. The van der Waals surface area contributed by atoms with E-state index in [4.69, 9.17) is 0 Å². The molecule has 2 amide bonds. The summed E-state index contributed by atoms with van der Waals surface area (Å²) in [5.74, 6) is -0.417. The highest BCUT2D eigenvalue weighted by Crippen LogP contribution is 2.22. The third kappa shape index (κ3) is 9.72. The number of hydrogen-bond donors (Lipinski definition) is 1. The molecule has 1 atom stereocenters. The second-order valence-electron chi connectivity index (χ2n) is 11.9. The highest BCUT2D eigenvalue weighted by Gasteiger charge is 2.32. The van der Waals surface area contributed by atoms with E-state index in [0.29, 0.717) is 18.5 Å². The number of rotatable bonds is 13. The summed E-state index contributed by atoms with van der Waals surface area (Å²) in [4.78, 5) is 29.4. The normalized spacial score (nSPS) is 12.4. The van der Waals surface area contributed by atoms with E-state index in [9.17, 15) is 18.0 Å². The van der Waals surface area contributed by atoms with Gasteiger partial charge >= 0.3 is 0 Å². The zero-order valence-electron chi connectivity index (χ0n) is 25.8. The monoisotopic (exact) mass is 591 g/mol. The number of amides is 2. The summed E-state index contributed by atoms with van der Waals surface area (Å²) in [5.41, 5.74) is 4.16. The fourth-order valence-corrected chi connectivity index (χ4v) is 5.85. The van der Waals surface area contributed by atoms with Crippen molar-refractivity contribution in [3.05, 3.63) is 101 Å². The van der Waals surface area contributed by atoms with E-state index in [1.807, 2.05) is 101 Å². The topological polar surface area (TPSA) is 86.8 Å². The lowest BCUT2D eigenvalue weighted by atomic mass is 9.99. The van der Waals surface area contributed by atoms with Crippen LogP contribution in [-0.4, -0.2) is 49.5 Å². The van der Waals surface area contributed by atoms with Crippen LogP contribution in [-0.2, 0) is 39.0 Å². The van der Waals surface area contributed by atoms with Gasteiger partial charge in [0.25, 0.3) is 0 Å². The van der Waals surface area contributed by atoms with Crippen molar-refractivity contribution in [3.8, 4) is 0 Å². The van der Waals surface area contributed by atoms with Gasteiger partial charge in [0.15, 0.2) is 0 Å². The number of hydrogen-bond acceptors (Lipinski definition) is 4. The lowest BCUT2D eigenvalue weighted by Gasteiger charge is -2.34. The number of nitrogens with zero attached hydrogens (tertiary/aromatic N) is 2. The Morgan fingerprint density at radius 2 is 1.50 bits per heavy atom. The van der Waals surface area contributed by atoms with Gasteiger partial charge in [-0.1, -0.05) is 73.7 Å². The molecule has 3 aromatic rings. The van der Waals surface area contributed by atoms with Gasteiger partial charge < -0.3 is 10.2 Å². The Morgan fingerprint density at radius 3 is 2.07 bits per heavy atom. The van der Waals surface area contributed by atoms with Crippen LogP contribution < -0.4 is 9.62 Å². The molecule has 3 rings (SSSR count). The molecule has 0 fully saturated rings. The second kappa shape index (κ2) is 14.5. The fourth-order valence-electron chi connectivity index (χ4n) is 4.88. The van der Waals surface area contributed by atoms with Crippen LogP contribution in [0.15, 0.2) is 78.9 Å². The summed E-state index contributed by atoms with van der Waals surface area (Å²) in [6, 6.07) is 24.2. The van der Waals surface area contributed by atoms with Crippen LogP contribution in [0.1, 0.15) is 62.8 Å². The molecule has 0 aliphatic rings. The zero-order chi connectivity index (χ0) is 30.9. The summed E-state index contributed by atoms with van der Waals surface area (Å²) in [5, 5.41) is 3.08. The minimum Gasteiger partial charge on any atom is -0.350 e. The van der Waals surface area contributed by atoms with Crippen molar-refractivity contribution in [2.24, 2.45) is 0 Å². The molecule has 0 aliphatic carbocycles. The SMILES string of the molecule is CCc1ccc(N(CCCC(=O)N(Cc2ccccc2C)[C@@H](Cc2ccccc2)C(=O)NC(C)(C)C)S(C)(=O)=O)cc1. The van der Waals surface area contributed by atoms with E-state index in [0.717, 1.165) is 28.7 Å². The maximum Gasteiger partial charge on any atom is 0.243 e. The molecule has 0 saturated carbocycles. The summed E-state index contributed by atoms with van der Waals surface area (Å²) in [6.45, 7) is 10.2. The first-order valence-electron chi connectivity index (χ1n) is 14.5. The fraction of sp³-hybridized carbons (Fsp3) is 0.412. The number of carbonyl (C=O) groups is 2. The van der Waals surface area contributed by atoms with Crippen molar-refractivity contribution < 1.29 is 18.0 Å². The molecule has 0 saturated heterocycles. The first kappa shape index (κ1) is 32.9. The lowest BCUT2D eigenvalue weighted by Crippen LogP contribution is -2.54. The lowest BCUT2D eigenvalue weighted by molar-refractivity contribution is -0.142. The van der Waals surface area contributed by atoms with Gasteiger partial charge in [-0.05, 0) is 74.9 Å². The Bertz CT molecular complexity index is 1430. The minimum absolute atomic E-state index is 0.0963. The third-order valence-corrected chi connectivity index (χ3v) is 8.35. The molecule has 0 aromatic heterocycles. The van der Waals surface area contributed by atoms with Gasteiger partial charge in [-0.2, -0.15) is 0 Å². The molecule has 42 heavy (non-hydrogen) atoms. The molecule has 0 radical (unpaired) electrons. The molecule has 226 valence electrons. The Labute approximate surface area is 252 Å². The van der Waals surface area contributed by atoms with Crippen LogP contribution in [0.2, 0.25) is 0 Å². The number of carbonyl (C=O) groups excluding carboxylic acids is 2. The number of benzene rings is 3. The Balaban J connectivity index is 1.90. The van der Waals surface area contributed by atoms with Gasteiger partial charge in [0.1, 0.15) is 6.04 Å².